The summed E-state index contributed by atoms with van der Waals surface area (Å²) < 4.78 is 0. The quantitative estimate of drug-likeness (QED) is 0.757. The second-order valence-corrected chi connectivity index (χ2v) is 7.26. The Morgan fingerprint density at radius 1 is 1.30 bits per heavy atom. The fourth-order valence-electron chi connectivity index (χ4n) is 2.78. The van der Waals surface area contributed by atoms with Crippen LogP contribution in [-0.4, -0.2) is 45.0 Å². The molecule has 4 rings (SSSR count). The van der Waals surface area contributed by atoms with E-state index in [2.05, 4.69) is 30.7 Å². The molecule has 2 aliphatic heterocycles. The van der Waals surface area contributed by atoms with Crippen molar-refractivity contribution in [3.63, 3.8) is 0 Å². The molecule has 1 aromatic heterocycles. The molecule has 138 valence electrons. The fraction of sp³-hybridized carbons (Fsp3) is 0.222. The number of rotatable bonds is 4. The molecule has 1 amide bonds. The summed E-state index contributed by atoms with van der Waals surface area (Å²) in [6.45, 7) is 5.03. The molecule has 27 heavy (non-hydrogen) atoms. The van der Waals surface area contributed by atoms with Gasteiger partial charge in [0.05, 0.1) is 6.54 Å². The fourth-order valence-corrected chi connectivity index (χ4v) is 3.69. The zero-order valence-electron chi connectivity index (χ0n) is 15.0. The van der Waals surface area contributed by atoms with Gasteiger partial charge in [-0.2, -0.15) is 5.10 Å². The first-order chi connectivity index (χ1) is 13.1. The number of carbonyl (C=O) groups excluding carboxylic acids is 1. The number of thioether (sulfide) groups is 1. The second-order valence-electron chi connectivity index (χ2n) is 6.20. The number of hydrogen-bond acceptors (Lipinski definition) is 7. The van der Waals surface area contributed by atoms with Crippen molar-refractivity contribution in [2.75, 3.05) is 23.7 Å². The predicted octanol–water partition coefficient (Wildman–Crippen LogP) is 2.81. The topological polar surface area (TPSA) is 97.8 Å². The molecule has 0 radical (unpaired) electrons. The van der Waals surface area contributed by atoms with Crippen molar-refractivity contribution in [3.05, 3.63) is 48.0 Å². The number of nitrogens with zero attached hydrogens (tertiary/aromatic N) is 4. The van der Waals surface area contributed by atoms with Gasteiger partial charge in [-0.3, -0.25) is 14.9 Å². The summed E-state index contributed by atoms with van der Waals surface area (Å²) in [5.41, 5.74) is 1.75. The van der Waals surface area contributed by atoms with Crippen LogP contribution in [0.1, 0.15) is 12.6 Å². The molecule has 2 aliphatic rings. The Morgan fingerprint density at radius 2 is 2.11 bits per heavy atom. The van der Waals surface area contributed by atoms with Crippen LogP contribution in [-0.2, 0) is 4.79 Å². The van der Waals surface area contributed by atoms with Gasteiger partial charge in [-0.25, -0.2) is 4.99 Å². The number of benzene rings is 1. The van der Waals surface area contributed by atoms with E-state index in [-0.39, 0.29) is 5.91 Å². The van der Waals surface area contributed by atoms with E-state index in [9.17, 15) is 4.79 Å². The lowest BCUT2D eigenvalue weighted by molar-refractivity contribution is -0.114. The highest BCUT2D eigenvalue weighted by Crippen LogP contribution is 2.28. The number of fused-ring (bicyclic) bond motifs is 1. The number of aliphatic imine (C=N–C) groups is 2. The molecule has 1 aromatic carbocycles. The number of anilines is 2. The van der Waals surface area contributed by atoms with E-state index in [1.807, 2.05) is 43.5 Å². The maximum absolute atomic E-state index is 11.2. The third-order valence-electron chi connectivity index (χ3n) is 3.92. The summed E-state index contributed by atoms with van der Waals surface area (Å²) in [6, 6.07) is 9.60. The van der Waals surface area contributed by atoms with Crippen molar-refractivity contribution in [2.24, 2.45) is 9.98 Å². The Morgan fingerprint density at radius 3 is 2.81 bits per heavy atom. The number of hydrogen-bond donors (Lipinski definition) is 3. The third kappa shape index (κ3) is 4.03. The average molecular weight is 381 g/mol. The van der Waals surface area contributed by atoms with Crippen LogP contribution >= 0.6 is 11.8 Å². The molecular formula is C18H19N7OS. The number of carbonyl (C=O) groups is 1. The molecular weight excluding hydrogens is 362 g/mol. The Labute approximate surface area is 160 Å². The first kappa shape index (κ1) is 17.3. The highest BCUT2D eigenvalue weighted by atomic mass is 32.2. The number of nitrogens with one attached hydrogen (secondary N) is 3. The van der Waals surface area contributed by atoms with Crippen molar-refractivity contribution in [1.82, 2.24) is 15.1 Å². The standard InChI is InChI=1S/C18H19N7OS/c1-11-9-15(24-23-11)21-16-10-25-8-7-19-17(25)18(22-16)27-14-5-3-13(4-6-14)20-12(2)26/h3-6,9-10H,7-8H2,1-2H3,(H,20,26)(H2,21,23,24). The number of amidine groups is 1. The summed E-state index contributed by atoms with van der Waals surface area (Å²) in [6.07, 6.45) is 1.96. The van der Waals surface area contributed by atoms with Crippen LogP contribution in [0.25, 0.3) is 0 Å². The van der Waals surface area contributed by atoms with Crippen LogP contribution in [0.15, 0.2) is 57.2 Å². The Hall–Kier alpha value is -3.07. The molecule has 8 nitrogen and oxygen atoms in total. The molecule has 0 unspecified atom stereocenters. The number of H-pyrrole nitrogens is 1. The lowest BCUT2D eigenvalue weighted by Gasteiger charge is -2.22. The largest absolute Gasteiger partial charge is 0.326 e. The number of amides is 1. The minimum atomic E-state index is -0.0857. The zero-order chi connectivity index (χ0) is 18.8. The van der Waals surface area contributed by atoms with Crippen molar-refractivity contribution < 1.29 is 4.79 Å². The SMILES string of the molecule is CC(=O)Nc1ccc(SC2=NC(Nc3cc(C)[nH]n3)=CN3CCN=C23)cc1. The molecule has 0 fully saturated rings. The highest BCUT2D eigenvalue weighted by molar-refractivity contribution is 8.15. The lowest BCUT2D eigenvalue weighted by atomic mass is 10.3. The van der Waals surface area contributed by atoms with E-state index in [0.29, 0.717) is 0 Å². The first-order valence-electron chi connectivity index (χ1n) is 8.53. The van der Waals surface area contributed by atoms with Crippen LogP contribution < -0.4 is 10.6 Å². The van der Waals surface area contributed by atoms with Gasteiger partial charge in [-0.05, 0) is 31.2 Å². The van der Waals surface area contributed by atoms with Gasteiger partial charge >= 0.3 is 0 Å². The Bertz CT molecular complexity index is 958. The molecule has 0 aliphatic carbocycles. The minimum Gasteiger partial charge on any atom is -0.326 e. The number of aromatic amines is 1. The molecule has 0 atom stereocenters. The van der Waals surface area contributed by atoms with E-state index in [1.54, 1.807) is 11.8 Å². The van der Waals surface area contributed by atoms with Gasteiger partial charge in [0.25, 0.3) is 0 Å². The van der Waals surface area contributed by atoms with E-state index < -0.39 is 0 Å². The highest BCUT2D eigenvalue weighted by Gasteiger charge is 2.26. The van der Waals surface area contributed by atoms with E-state index >= 15 is 0 Å². The number of aromatic nitrogens is 2. The van der Waals surface area contributed by atoms with Gasteiger partial charge in [0.2, 0.25) is 5.91 Å². The van der Waals surface area contributed by atoms with Crippen molar-refractivity contribution >= 4 is 40.1 Å². The molecule has 0 saturated carbocycles. The van der Waals surface area contributed by atoms with Crippen LogP contribution in [0.5, 0.6) is 0 Å². The number of aryl methyl sites for hydroxylation is 1. The van der Waals surface area contributed by atoms with Gasteiger partial charge in [0, 0.05) is 42.0 Å². The molecule has 0 bridgehead atoms. The normalized spacial score (nSPS) is 15.6. The maximum Gasteiger partial charge on any atom is 0.221 e. The maximum atomic E-state index is 11.2. The lowest BCUT2D eigenvalue weighted by Crippen LogP contribution is -2.32. The van der Waals surface area contributed by atoms with Gasteiger partial charge in [0.15, 0.2) is 11.7 Å². The summed E-state index contributed by atoms with van der Waals surface area (Å²) in [5, 5.41) is 13.9. The van der Waals surface area contributed by atoms with Crippen LogP contribution in [0, 0.1) is 6.92 Å². The molecule has 3 heterocycles. The van der Waals surface area contributed by atoms with Gasteiger partial charge in [-0.15, -0.1) is 0 Å². The molecule has 3 N–H and O–H groups in total. The van der Waals surface area contributed by atoms with Crippen LogP contribution in [0.3, 0.4) is 0 Å². The summed E-state index contributed by atoms with van der Waals surface area (Å²) in [7, 11) is 0. The second kappa shape index (κ2) is 7.28. The monoisotopic (exact) mass is 381 g/mol. The van der Waals surface area contributed by atoms with Crippen molar-refractivity contribution in [1.29, 1.82) is 0 Å². The minimum absolute atomic E-state index is 0.0857. The van der Waals surface area contributed by atoms with E-state index in [4.69, 9.17) is 4.99 Å². The van der Waals surface area contributed by atoms with Crippen LogP contribution in [0.2, 0.25) is 0 Å². The smallest absolute Gasteiger partial charge is 0.221 e. The van der Waals surface area contributed by atoms with Crippen molar-refractivity contribution in [2.45, 2.75) is 18.7 Å². The Balaban J connectivity index is 1.54. The third-order valence-corrected chi connectivity index (χ3v) is 4.89. The molecule has 0 spiro atoms. The van der Waals surface area contributed by atoms with Crippen molar-refractivity contribution in [3.8, 4) is 0 Å². The Kier molecular flexibility index (Phi) is 4.68. The molecule has 2 aromatic rings. The summed E-state index contributed by atoms with van der Waals surface area (Å²) in [5.74, 6) is 2.25. The van der Waals surface area contributed by atoms with E-state index in [1.165, 1.54) is 6.92 Å². The molecule has 9 heteroatoms. The van der Waals surface area contributed by atoms with Gasteiger partial charge < -0.3 is 15.5 Å². The van der Waals surface area contributed by atoms with Gasteiger partial charge in [-0.1, -0.05) is 11.8 Å². The predicted molar refractivity (Wildman–Crippen MR) is 108 cm³/mol. The summed E-state index contributed by atoms with van der Waals surface area (Å²) in [4.78, 5) is 23.6. The first-order valence-corrected chi connectivity index (χ1v) is 9.35. The van der Waals surface area contributed by atoms with Gasteiger partial charge in [0.1, 0.15) is 10.9 Å². The van der Waals surface area contributed by atoms with E-state index in [0.717, 1.165) is 51.9 Å². The molecule has 0 saturated heterocycles. The van der Waals surface area contributed by atoms with Crippen LogP contribution in [0.4, 0.5) is 11.5 Å². The zero-order valence-corrected chi connectivity index (χ0v) is 15.8. The average Bonchev–Trinajstić information content (AvgIpc) is 3.25. The summed E-state index contributed by atoms with van der Waals surface area (Å²) >= 11 is 1.54.